The zero-order valence-corrected chi connectivity index (χ0v) is 13.0. The summed E-state index contributed by atoms with van der Waals surface area (Å²) in [7, 11) is 0. The molecular weight excluding hydrogens is 216 g/mol. The lowest BCUT2D eigenvalue weighted by molar-refractivity contribution is 0.542. The molecule has 0 saturated heterocycles. The van der Waals surface area contributed by atoms with E-state index in [0.717, 1.165) is 5.92 Å². The molecule has 1 unspecified atom stereocenters. The molecule has 0 aliphatic heterocycles. The molecular formula is C18H32. The Kier molecular flexibility index (Phi) is 7.39. The van der Waals surface area contributed by atoms with Gasteiger partial charge in [-0.3, -0.25) is 0 Å². The lowest BCUT2D eigenvalue weighted by atomic mass is 9.95. The standard InChI is InChI=1S/C18H32/c1-5-6-7-8-9-10-11-12-13-18-14-15(2)16(3)17(18)4/h14,18H,5-13H2,1-4H3. The van der Waals surface area contributed by atoms with E-state index in [0.29, 0.717) is 0 Å². The van der Waals surface area contributed by atoms with Crippen molar-refractivity contribution in [2.75, 3.05) is 0 Å². The summed E-state index contributed by atoms with van der Waals surface area (Å²) in [6.45, 7) is 9.13. The highest BCUT2D eigenvalue weighted by Crippen LogP contribution is 2.33. The van der Waals surface area contributed by atoms with E-state index in [1.54, 1.807) is 11.1 Å². The van der Waals surface area contributed by atoms with Gasteiger partial charge in [0.15, 0.2) is 0 Å². The number of hydrogen-bond acceptors (Lipinski definition) is 0. The van der Waals surface area contributed by atoms with Crippen LogP contribution in [0.4, 0.5) is 0 Å². The van der Waals surface area contributed by atoms with Crippen LogP contribution in [0.5, 0.6) is 0 Å². The van der Waals surface area contributed by atoms with Crippen LogP contribution in [0, 0.1) is 5.92 Å². The van der Waals surface area contributed by atoms with Gasteiger partial charge in [-0.05, 0) is 38.7 Å². The SMILES string of the molecule is CCCCCCCCCCC1C=C(C)C(C)=C1C. The summed E-state index contributed by atoms with van der Waals surface area (Å²) in [5, 5.41) is 0. The molecule has 0 fully saturated rings. The maximum absolute atomic E-state index is 2.48. The molecule has 0 radical (unpaired) electrons. The van der Waals surface area contributed by atoms with Crippen molar-refractivity contribution < 1.29 is 0 Å². The molecule has 0 amide bonds. The Morgan fingerprint density at radius 3 is 1.89 bits per heavy atom. The second-order valence-electron chi connectivity index (χ2n) is 6.03. The molecule has 0 saturated carbocycles. The van der Waals surface area contributed by atoms with Crippen molar-refractivity contribution in [2.45, 2.75) is 85.5 Å². The number of hydrogen-bond donors (Lipinski definition) is 0. The second kappa shape index (κ2) is 8.56. The predicted octanol–water partition coefficient (Wildman–Crippen LogP) is 6.43. The molecule has 104 valence electrons. The van der Waals surface area contributed by atoms with Crippen LogP contribution in [-0.2, 0) is 0 Å². The van der Waals surface area contributed by atoms with E-state index in [2.05, 4.69) is 33.8 Å². The Hall–Kier alpha value is -0.520. The van der Waals surface area contributed by atoms with Crippen LogP contribution >= 0.6 is 0 Å². The molecule has 0 bridgehead atoms. The molecule has 0 nitrogen and oxygen atoms in total. The van der Waals surface area contributed by atoms with Gasteiger partial charge >= 0.3 is 0 Å². The highest BCUT2D eigenvalue weighted by molar-refractivity contribution is 5.41. The summed E-state index contributed by atoms with van der Waals surface area (Å²) in [6.07, 6.45) is 15.3. The minimum absolute atomic E-state index is 0.755. The van der Waals surface area contributed by atoms with Crippen molar-refractivity contribution in [2.24, 2.45) is 5.92 Å². The lowest BCUT2D eigenvalue weighted by Crippen LogP contribution is -1.95. The summed E-state index contributed by atoms with van der Waals surface area (Å²) in [5.41, 5.74) is 4.67. The topological polar surface area (TPSA) is 0 Å². The molecule has 0 aromatic carbocycles. The van der Waals surface area contributed by atoms with E-state index in [-0.39, 0.29) is 0 Å². The molecule has 1 atom stereocenters. The smallest absolute Gasteiger partial charge is 0.00144 e. The van der Waals surface area contributed by atoms with Crippen molar-refractivity contribution in [3.8, 4) is 0 Å². The Morgan fingerprint density at radius 2 is 1.39 bits per heavy atom. The Balaban J connectivity index is 2.03. The van der Waals surface area contributed by atoms with Gasteiger partial charge in [-0.25, -0.2) is 0 Å². The summed E-state index contributed by atoms with van der Waals surface area (Å²) in [5.74, 6) is 0.755. The lowest BCUT2D eigenvalue weighted by Gasteiger charge is -2.10. The van der Waals surface area contributed by atoms with E-state index in [9.17, 15) is 0 Å². The van der Waals surface area contributed by atoms with E-state index in [1.165, 1.54) is 63.4 Å². The van der Waals surface area contributed by atoms with Crippen molar-refractivity contribution in [1.29, 1.82) is 0 Å². The first-order valence-corrected chi connectivity index (χ1v) is 8.03. The third kappa shape index (κ3) is 5.00. The summed E-state index contributed by atoms with van der Waals surface area (Å²) >= 11 is 0. The van der Waals surface area contributed by atoms with E-state index in [1.807, 2.05) is 0 Å². The summed E-state index contributed by atoms with van der Waals surface area (Å²) < 4.78 is 0. The Morgan fingerprint density at radius 1 is 0.833 bits per heavy atom. The molecule has 0 aromatic rings. The molecule has 1 rings (SSSR count). The van der Waals surface area contributed by atoms with Gasteiger partial charge in [-0.1, -0.05) is 75.5 Å². The largest absolute Gasteiger partial charge is 0.0741 e. The average molecular weight is 248 g/mol. The van der Waals surface area contributed by atoms with Crippen LogP contribution in [0.1, 0.15) is 85.5 Å². The van der Waals surface area contributed by atoms with Gasteiger partial charge in [0.05, 0.1) is 0 Å². The fourth-order valence-electron chi connectivity index (χ4n) is 2.94. The van der Waals surface area contributed by atoms with Crippen molar-refractivity contribution in [1.82, 2.24) is 0 Å². The van der Waals surface area contributed by atoms with Gasteiger partial charge in [0.25, 0.3) is 0 Å². The van der Waals surface area contributed by atoms with Gasteiger partial charge in [0, 0.05) is 0 Å². The van der Waals surface area contributed by atoms with Gasteiger partial charge in [0.2, 0.25) is 0 Å². The third-order valence-electron chi connectivity index (χ3n) is 4.56. The Bertz CT molecular complexity index is 293. The van der Waals surface area contributed by atoms with Crippen LogP contribution in [0.25, 0.3) is 0 Å². The molecule has 1 aliphatic rings. The molecule has 1 aliphatic carbocycles. The molecule has 0 spiro atoms. The number of rotatable bonds is 9. The van der Waals surface area contributed by atoms with E-state index >= 15 is 0 Å². The first-order chi connectivity index (χ1) is 8.66. The predicted molar refractivity (Wildman–Crippen MR) is 82.8 cm³/mol. The quantitative estimate of drug-likeness (QED) is 0.412. The molecule has 0 aromatic heterocycles. The van der Waals surface area contributed by atoms with Crippen LogP contribution in [0.2, 0.25) is 0 Å². The summed E-state index contributed by atoms with van der Waals surface area (Å²) in [4.78, 5) is 0. The molecule has 0 heteroatoms. The second-order valence-corrected chi connectivity index (χ2v) is 6.03. The molecule has 18 heavy (non-hydrogen) atoms. The van der Waals surface area contributed by atoms with E-state index in [4.69, 9.17) is 0 Å². The van der Waals surface area contributed by atoms with Crippen LogP contribution in [0.15, 0.2) is 22.8 Å². The maximum atomic E-state index is 2.48. The highest BCUT2D eigenvalue weighted by atomic mass is 14.2. The first kappa shape index (κ1) is 15.5. The zero-order chi connectivity index (χ0) is 13.4. The van der Waals surface area contributed by atoms with Crippen LogP contribution < -0.4 is 0 Å². The van der Waals surface area contributed by atoms with Gasteiger partial charge in [-0.2, -0.15) is 0 Å². The number of allylic oxidation sites excluding steroid dienone is 4. The zero-order valence-electron chi connectivity index (χ0n) is 13.0. The maximum Gasteiger partial charge on any atom is -0.00144 e. The van der Waals surface area contributed by atoms with Gasteiger partial charge in [0.1, 0.15) is 0 Å². The normalized spacial score (nSPS) is 19.6. The van der Waals surface area contributed by atoms with Gasteiger partial charge < -0.3 is 0 Å². The van der Waals surface area contributed by atoms with Crippen molar-refractivity contribution in [3.63, 3.8) is 0 Å². The molecule has 0 heterocycles. The fraction of sp³-hybridized carbons (Fsp3) is 0.778. The van der Waals surface area contributed by atoms with Crippen molar-refractivity contribution >= 4 is 0 Å². The highest BCUT2D eigenvalue weighted by Gasteiger charge is 2.17. The van der Waals surface area contributed by atoms with Crippen LogP contribution in [-0.4, -0.2) is 0 Å². The average Bonchev–Trinajstić information content (AvgIpc) is 2.60. The molecule has 0 N–H and O–H groups in total. The van der Waals surface area contributed by atoms with Gasteiger partial charge in [-0.15, -0.1) is 0 Å². The fourth-order valence-corrected chi connectivity index (χ4v) is 2.94. The minimum atomic E-state index is 0.755. The summed E-state index contributed by atoms with van der Waals surface area (Å²) in [6, 6.07) is 0. The first-order valence-electron chi connectivity index (χ1n) is 8.03. The third-order valence-corrected chi connectivity index (χ3v) is 4.56. The minimum Gasteiger partial charge on any atom is -0.0741 e. The van der Waals surface area contributed by atoms with Crippen molar-refractivity contribution in [3.05, 3.63) is 22.8 Å². The Labute approximate surface area is 115 Å². The number of unbranched alkanes of at least 4 members (excludes halogenated alkanes) is 7. The van der Waals surface area contributed by atoms with Crippen LogP contribution in [0.3, 0.4) is 0 Å². The van der Waals surface area contributed by atoms with E-state index < -0.39 is 0 Å². The monoisotopic (exact) mass is 248 g/mol.